The highest BCUT2D eigenvalue weighted by molar-refractivity contribution is 8.25. The van der Waals surface area contributed by atoms with Gasteiger partial charge in [-0.3, -0.25) is 14.9 Å². The molecule has 3 heterocycles. The summed E-state index contributed by atoms with van der Waals surface area (Å²) >= 11 is 9.32. The number of nitrogens with one attached hydrogen (secondary N) is 1. The van der Waals surface area contributed by atoms with Crippen molar-refractivity contribution in [1.82, 2.24) is 14.5 Å². The number of rotatable bonds is 3. The van der Waals surface area contributed by atoms with Gasteiger partial charge in [0.1, 0.15) is 11.8 Å². The Morgan fingerprint density at radius 3 is 3.04 bits per heavy atom. The molecule has 1 aliphatic heterocycles. The number of aromatic nitrogens is 3. The Kier molecular flexibility index (Phi) is 4.99. The molecule has 2 aromatic rings. The van der Waals surface area contributed by atoms with Crippen molar-refractivity contribution >= 4 is 52.6 Å². The summed E-state index contributed by atoms with van der Waals surface area (Å²) in [6.45, 7) is 0. The molecule has 0 aromatic carbocycles. The number of anilines is 1. The summed E-state index contributed by atoms with van der Waals surface area (Å²) in [6, 6.07) is 3.73. The predicted molar refractivity (Wildman–Crippen MR) is 94.7 cm³/mol. The third-order valence-corrected chi connectivity index (χ3v) is 6.30. The predicted octanol–water partition coefficient (Wildman–Crippen LogP) is 3.89. The molecule has 0 aliphatic carbocycles. The Hall–Kier alpha value is -2.15. The monoisotopic (exact) mass is 379 g/mol. The minimum absolute atomic E-state index is 0.0109. The van der Waals surface area contributed by atoms with E-state index < -0.39 is 6.09 Å². The first-order chi connectivity index (χ1) is 11.6. The third kappa shape index (κ3) is 3.51. The number of carbonyl (C=O) groups is 1. The van der Waals surface area contributed by atoms with Gasteiger partial charge in [-0.2, -0.15) is 5.26 Å². The van der Waals surface area contributed by atoms with Gasteiger partial charge in [-0.05, 0) is 6.07 Å². The van der Waals surface area contributed by atoms with E-state index in [9.17, 15) is 10.1 Å². The van der Waals surface area contributed by atoms with Crippen molar-refractivity contribution in [3.8, 4) is 6.07 Å². The van der Waals surface area contributed by atoms with Crippen LogP contribution in [-0.4, -0.2) is 31.5 Å². The van der Waals surface area contributed by atoms with Crippen LogP contribution in [0.3, 0.4) is 0 Å². The van der Waals surface area contributed by atoms with Crippen LogP contribution >= 0.6 is 35.1 Å². The molecule has 1 atom stereocenters. The first-order valence-corrected chi connectivity index (χ1v) is 8.90. The van der Waals surface area contributed by atoms with Gasteiger partial charge in [-0.1, -0.05) is 11.6 Å². The number of pyridine rings is 1. The van der Waals surface area contributed by atoms with Crippen molar-refractivity contribution in [2.75, 3.05) is 11.1 Å². The summed E-state index contributed by atoms with van der Waals surface area (Å²) in [4.78, 5) is 18.9. The Labute approximate surface area is 150 Å². The number of amides is 1. The Balaban J connectivity index is 1.83. The molecule has 3 rings (SSSR count). The topological polar surface area (TPSA) is 104 Å². The van der Waals surface area contributed by atoms with E-state index in [1.54, 1.807) is 35.0 Å². The van der Waals surface area contributed by atoms with E-state index in [2.05, 4.69) is 21.4 Å². The molecule has 1 fully saturated rings. The molecule has 7 nitrogen and oxygen atoms in total. The van der Waals surface area contributed by atoms with Crippen LogP contribution in [0.15, 0.2) is 35.2 Å². The molecule has 2 aromatic heterocycles. The molecule has 10 heteroatoms. The second kappa shape index (κ2) is 7.17. The largest absolute Gasteiger partial charge is 0.465 e. The van der Waals surface area contributed by atoms with Gasteiger partial charge in [0.15, 0.2) is 0 Å². The minimum atomic E-state index is -1.17. The van der Waals surface area contributed by atoms with E-state index in [4.69, 9.17) is 16.7 Å². The average Bonchev–Trinajstić information content (AvgIpc) is 3.20. The van der Waals surface area contributed by atoms with Crippen molar-refractivity contribution in [1.29, 1.82) is 5.26 Å². The summed E-state index contributed by atoms with van der Waals surface area (Å²) in [5.74, 6) is 0.721. The number of imidazole rings is 1. The fraction of sp³-hybridized carbons (Fsp3) is 0.143. The van der Waals surface area contributed by atoms with Gasteiger partial charge in [-0.15, -0.1) is 23.5 Å². The van der Waals surface area contributed by atoms with Crippen LogP contribution in [0.25, 0.3) is 5.70 Å². The lowest BCUT2D eigenvalue weighted by molar-refractivity contribution is 0.209. The fourth-order valence-corrected chi connectivity index (χ4v) is 5.32. The Bertz CT molecular complexity index is 847. The number of halogens is 1. The molecular weight excluding hydrogens is 370 g/mol. The lowest BCUT2D eigenvalue weighted by atomic mass is 10.2. The third-order valence-electron chi connectivity index (χ3n) is 3.10. The van der Waals surface area contributed by atoms with E-state index in [1.165, 1.54) is 24.0 Å². The van der Waals surface area contributed by atoms with Crippen LogP contribution in [-0.2, 0) is 0 Å². The number of nitriles is 1. The van der Waals surface area contributed by atoms with Crippen LogP contribution in [0.5, 0.6) is 0 Å². The highest BCUT2D eigenvalue weighted by atomic mass is 35.5. The molecule has 122 valence electrons. The van der Waals surface area contributed by atoms with Crippen LogP contribution in [0, 0.1) is 11.3 Å². The van der Waals surface area contributed by atoms with Crippen molar-refractivity contribution < 1.29 is 9.90 Å². The zero-order chi connectivity index (χ0) is 17.1. The minimum Gasteiger partial charge on any atom is -0.465 e. The standard InChI is InChI=1S/C14H10ClN5O2S2/c15-9-3-8(19-14(21)22)5-18-12(9)11-6-23-13(24-11)10(4-16)20-2-1-17-7-20/h1-3,5,7,11,19H,6H2,(H,21,22)/b13-10+. The van der Waals surface area contributed by atoms with Crippen molar-refractivity contribution in [3.63, 3.8) is 0 Å². The molecule has 2 N–H and O–H groups in total. The first kappa shape index (κ1) is 16.7. The zero-order valence-corrected chi connectivity index (χ0v) is 14.4. The van der Waals surface area contributed by atoms with Crippen LogP contribution in [0.2, 0.25) is 5.02 Å². The number of hydrogen-bond donors (Lipinski definition) is 2. The number of thioether (sulfide) groups is 2. The van der Waals surface area contributed by atoms with Crippen molar-refractivity contribution in [2.24, 2.45) is 0 Å². The molecule has 1 amide bonds. The molecule has 0 saturated carbocycles. The van der Waals surface area contributed by atoms with Crippen molar-refractivity contribution in [3.05, 3.63) is 45.9 Å². The summed E-state index contributed by atoms with van der Waals surface area (Å²) < 4.78 is 2.55. The highest BCUT2D eigenvalue weighted by Crippen LogP contribution is 2.52. The summed E-state index contributed by atoms with van der Waals surface area (Å²) in [7, 11) is 0. The molecule has 24 heavy (non-hydrogen) atoms. The van der Waals surface area contributed by atoms with Gasteiger partial charge in [-0.25, -0.2) is 9.78 Å². The quantitative estimate of drug-likeness (QED) is 0.779. The maximum absolute atomic E-state index is 10.7. The van der Waals surface area contributed by atoms with Crippen molar-refractivity contribution in [2.45, 2.75) is 5.25 Å². The van der Waals surface area contributed by atoms with E-state index in [-0.39, 0.29) is 5.25 Å². The molecule has 1 aliphatic rings. The molecule has 1 saturated heterocycles. The van der Waals surface area contributed by atoms with Gasteiger partial charge in [0.25, 0.3) is 0 Å². The molecule has 1 unspecified atom stereocenters. The number of nitrogens with zero attached hydrogens (tertiary/aromatic N) is 4. The molecule has 0 bridgehead atoms. The van der Waals surface area contributed by atoms with Gasteiger partial charge < -0.3 is 5.11 Å². The highest BCUT2D eigenvalue weighted by Gasteiger charge is 2.28. The smallest absolute Gasteiger partial charge is 0.409 e. The average molecular weight is 380 g/mol. The van der Waals surface area contributed by atoms with E-state index in [0.29, 0.717) is 22.1 Å². The maximum Gasteiger partial charge on any atom is 0.409 e. The Morgan fingerprint density at radius 2 is 2.42 bits per heavy atom. The second-order valence-corrected chi connectivity index (χ2v) is 7.57. The SMILES string of the molecule is N#C/C(=C1/SCC(c2ncc(NC(=O)O)cc2Cl)S1)n1ccnc1. The Morgan fingerprint density at radius 1 is 1.58 bits per heavy atom. The first-order valence-electron chi connectivity index (χ1n) is 6.66. The van der Waals surface area contributed by atoms with Crippen LogP contribution in [0.4, 0.5) is 10.5 Å². The lowest BCUT2D eigenvalue weighted by Crippen LogP contribution is -2.08. The van der Waals surface area contributed by atoms with Gasteiger partial charge in [0, 0.05) is 18.1 Å². The summed E-state index contributed by atoms with van der Waals surface area (Å²) in [5.41, 5.74) is 1.51. The van der Waals surface area contributed by atoms with Gasteiger partial charge >= 0.3 is 6.09 Å². The molecular formula is C14H10ClN5O2S2. The number of hydrogen-bond acceptors (Lipinski definition) is 6. The maximum atomic E-state index is 10.7. The van der Waals surface area contributed by atoms with E-state index in [1.807, 2.05) is 0 Å². The normalized spacial score (nSPS) is 18.9. The number of carboxylic acid groups (broad SMARTS) is 1. The van der Waals surface area contributed by atoms with E-state index in [0.717, 1.165) is 9.99 Å². The van der Waals surface area contributed by atoms with Gasteiger partial charge in [0.05, 0.1) is 38.4 Å². The summed E-state index contributed by atoms with van der Waals surface area (Å²) in [5, 5.41) is 20.7. The van der Waals surface area contributed by atoms with Crippen LogP contribution in [0.1, 0.15) is 10.9 Å². The fourth-order valence-electron chi connectivity index (χ4n) is 2.08. The summed E-state index contributed by atoms with van der Waals surface area (Å²) in [6.07, 6.45) is 5.18. The molecule has 0 spiro atoms. The van der Waals surface area contributed by atoms with E-state index >= 15 is 0 Å². The second-order valence-electron chi connectivity index (χ2n) is 4.66. The number of allylic oxidation sites excluding steroid dienone is 1. The lowest BCUT2D eigenvalue weighted by Gasteiger charge is -2.10. The molecule has 0 radical (unpaired) electrons. The van der Waals surface area contributed by atoms with Gasteiger partial charge in [0.2, 0.25) is 0 Å². The van der Waals surface area contributed by atoms with Crippen LogP contribution < -0.4 is 5.32 Å². The zero-order valence-electron chi connectivity index (χ0n) is 12.0.